The van der Waals surface area contributed by atoms with E-state index in [0.29, 0.717) is 19.8 Å². The van der Waals surface area contributed by atoms with Crippen LogP contribution in [0.2, 0.25) is 0 Å². The third-order valence-electron chi connectivity index (χ3n) is 6.09. The highest BCUT2D eigenvalue weighted by atomic mass is 16.5. The summed E-state index contributed by atoms with van der Waals surface area (Å²) in [6.07, 6.45) is -0.209. The average molecular weight is 565 g/mol. The Morgan fingerprint density at radius 1 is 0.750 bits per heavy atom. The predicted octanol–water partition coefficient (Wildman–Crippen LogP) is -0.155. The van der Waals surface area contributed by atoms with Gasteiger partial charge in [-0.15, -0.1) is 0 Å². The summed E-state index contributed by atoms with van der Waals surface area (Å²) in [5.41, 5.74) is 0.482. The molecule has 0 aromatic heterocycles. The molecular formula is C27H40N4O9. The van der Waals surface area contributed by atoms with Gasteiger partial charge in [0.25, 0.3) is 11.8 Å². The van der Waals surface area contributed by atoms with Gasteiger partial charge in [0.1, 0.15) is 0 Å². The first-order valence-electron chi connectivity index (χ1n) is 13.3. The van der Waals surface area contributed by atoms with Crippen LogP contribution < -0.4 is 10.6 Å². The molecule has 0 saturated carbocycles. The molecule has 2 rings (SSSR count). The van der Waals surface area contributed by atoms with Crippen LogP contribution in [0, 0.1) is 0 Å². The monoisotopic (exact) mass is 564 g/mol. The van der Waals surface area contributed by atoms with Crippen LogP contribution in [0.1, 0.15) is 46.5 Å². The van der Waals surface area contributed by atoms with Gasteiger partial charge < -0.3 is 24.8 Å². The Kier molecular flexibility index (Phi) is 13.1. The summed E-state index contributed by atoms with van der Waals surface area (Å²) >= 11 is 0. The number of nitrogens with one attached hydrogen (secondary N) is 2. The lowest BCUT2D eigenvalue weighted by atomic mass is 10.3. The Bertz CT molecular complexity index is 1010. The van der Waals surface area contributed by atoms with Crippen LogP contribution in [-0.2, 0) is 43.0 Å². The van der Waals surface area contributed by atoms with Crippen molar-refractivity contribution in [3.05, 3.63) is 24.3 Å². The van der Waals surface area contributed by atoms with Crippen molar-refractivity contribution in [1.82, 2.24) is 20.4 Å². The molecule has 0 aromatic carbocycles. The zero-order chi connectivity index (χ0) is 29.8. The van der Waals surface area contributed by atoms with E-state index in [1.165, 1.54) is 0 Å². The fraction of sp³-hybridized carbons (Fsp3) is 0.630. The Balaban J connectivity index is 1.47. The Morgan fingerprint density at radius 3 is 1.60 bits per heavy atom. The summed E-state index contributed by atoms with van der Waals surface area (Å²) in [4.78, 5) is 73.4. The molecule has 0 aromatic rings. The fourth-order valence-electron chi connectivity index (χ4n) is 3.96. The predicted molar refractivity (Wildman–Crippen MR) is 142 cm³/mol. The van der Waals surface area contributed by atoms with Crippen LogP contribution in [0.4, 0.5) is 0 Å². The van der Waals surface area contributed by atoms with Crippen LogP contribution in [0.3, 0.4) is 0 Å². The van der Waals surface area contributed by atoms with E-state index in [2.05, 4.69) is 23.8 Å². The second-order valence-corrected chi connectivity index (χ2v) is 9.99. The molecule has 2 aliphatic heterocycles. The standard InChI is InChI=1S/C27H40N4O9/c1-17-12-24(34)30(26(17)36)8-6-22(32)28-19(3)14-38-10-11-39-16-21(5)40-15-20(4)29-23(33)7-9-31-25(35)13-18(2)27(31)37/h19-21H,1-2,6-16H2,3-5H3,(H,28,32)(H,29,33). The smallest absolute Gasteiger partial charge is 0.256 e. The van der Waals surface area contributed by atoms with Gasteiger partial charge in [-0.3, -0.25) is 38.6 Å². The summed E-state index contributed by atoms with van der Waals surface area (Å²) < 4.78 is 16.7. The third kappa shape index (κ3) is 10.6. The van der Waals surface area contributed by atoms with E-state index in [0.717, 1.165) is 9.80 Å². The molecule has 6 amide bonds. The van der Waals surface area contributed by atoms with Gasteiger partial charge in [-0.2, -0.15) is 0 Å². The number of nitrogens with zero attached hydrogens (tertiary/aromatic N) is 2. The van der Waals surface area contributed by atoms with Gasteiger partial charge in [0.2, 0.25) is 23.6 Å². The van der Waals surface area contributed by atoms with Gasteiger partial charge >= 0.3 is 0 Å². The Hall–Kier alpha value is -3.42. The number of hydrogen-bond acceptors (Lipinski definition) is 9. The molecule has 3 atom stereocenters. The average Bonchev–Trinajstić information content (AvgIpc) is 3.27. The van der Waals surface area contributed by atoms with E-state index in [9.17, 15) is 28.8 Å². The maximum Gasteiger partial charge on any atom is 0.256 e. The fourth-order valence-corrected chi connectivity index (χ4v) is 3.96. The van der Waals surface area contributed by atoms with E-state index < -0.39 is 11.8 Å². The number of rotatable bonds is 18. The van der Waals surface area contributed by atoms with Crippen LogP contribution in [0.25, 0.3) is 0 Å². The summed E-state index contributed by atoms with van der Waals surface area (Å²) in [7, 11) is 0. The number of imide groups is 2. The molecule has 2 saturated heterocycles. The molecule has 0 bridgehead atoms. The highest BCUT2D eigenvalue weighted by Crippen LogP contribution is 2.17. The maximum atomic E-state index is 12.1. The molecule has 13 nitrogen and oxygen atoms in total. The molecule has 0 aliphatic carbocycles. The minimum absolute atomic E-state index is 0.000333. The van der Waals surface area contributed by atoms with Gasteiger partial charge in [0.15, 0.2) is 0 Å². The minimum Gasteiger partial charge on any atom is -0.377 e. The first-order chi connectivity index (χ1) is 18.9. The number of carbonyl (C=O) groups excluding carboxylic acids is 6. The largest absolute Gasteiger partial charge is 0.377 e. The lowest BCUT2D eigenvalue weighted by Crippen LogP contribution is -2.40. The Morgan fingerprint density at radius 2 is 1.18 bits per heavy atom. The third-order valence-corrected chi connectivity index (χ3v) is 6.09. The normalized spacial score (nSPS) is 18.0. The molecule has 40 heavy (non-hydrogen) atoms. The van der Waals surface area contributed by atoms with Crippen LogP contribution in [-0.4, -0.2) is 110 Å². The van der Waals surface area contributed by atoms with Crippen molar-refractivity contribution in [3.63, 3.8) is 0 Å². The summed E-state index contributed by atoms with van der Waals surface area (Å²) in [6, 6.07) is -0.534. The zero-order valence-corrected chi connectivity index (χ0v) is 23.5. The van der Waals surface area contributed by atoms with Gasteiger partial charge in [-0.05, 0) is 20.8 Å². The Labute approximate surface area is 234 Å². The number of likely N-dealkylation sites (tertiary alicyclic amines) is 2. The SMILES string of the molecule is C=C1CC(=O)N(CCC(=O)NC(C)COCCOCC(C)OCC(C)NC(=O)CCN2C(=O)CC(=C)C2=O)C1=O. The molecule has 13 heteroatoms. The van der Waals surface area contributed by atoms with E-state index in [-0.39, 0.29) is 105 Å². The van der Waals surface area contributed by atoms with Gasteiger partial charge in [0, 0.05) is 49.2 Å². The van der Waals surface area contributed by atoms with Gasteiger partial charge in [0.05, 0.1) is 52.0 Å². The maximum absolute atomic E-state index is 12.1. The highest BCUT2D eigenvalue weighted by Gasteiger charge is 2.33. The van der Waals surface area contributed by atoms with Crippen LogP contribution >= 0.6 is 0 Å². The number of amides is 6. The lowest BCUT2D eigenvalue weighted by molar-refractivity contribution is -0.140. The van der Waals surface area contributed by atoms with Crippen LogP contribution in [0.15, 0.2) is 24.3 Å². The number of hydrogen-bond donors (Lipinski definition) is 2. The van der Waals surface area contributed by atoms with E-state index >= 15 is 0 Å². The molecule has 0 radical (unpaired) electrons. The molecule has 0 spiro atoms. The second kappa shape index (κ2) is 16.0. The van der Waals surface area contributed by atoms with Crippen molar-refractivity contribution in [2.75, 3.05) is 46.1 Å². The number of carbonyl (C=O) groups is 6. The lowest BCUT2D eigenvalue weighted by Gasteiger charge is -2.19. The molecule has 3 unspecified atom stereocenters. The molecular weight excluding hydrogens is 524 g/mol. The van der Waals surface area contributed by atoms with Crippen LogP contribution in [0.5, 0.6) is 0 Å². The van der Waals surface area contributed by atoms with Gasteiger partial charge in [-0.1, -0.05) is 13.2 Å². The van der Waals surface area contributed by atoms with E-state index in [1.54, 1.807) is 13.8 Å². The first-order valence-corrected chi connectivity index (χ1v) is 13.3. The van der Waals surface area contributed by atoms with Crippen molar-refractivity contribution < 1.29 is 43.0 Å². The summed E-state index contributed by atoms with van der Waals surface area (Å²) in [5.74, 6) is -2.10. The van der Waals surface area contributed by atoms with Crippen molar-refractivity contribution >= 4 is 35.4 Å². The van der Waals surface area contributed by atoms with Gasteiger partial charge in [-0.25, -0.2) is 0 Å². The molecule has 2 aliphatic rings. The summed E-state index contributed by atoms with van der Waals surface area (Å²) in [5, 5.41) is 5.53. The quantitative estimate of drug-likeness (QED) is 0.131. The molecule has 2 heterocycles. The summed E-state index contributed by atoms with van der Waals surface area (Å²) in [6.45, 7) is 14.0. The van der Waals surface area contributed by atoms with E-state index in [1.807, 2.05) is 6.92 Å². The molecule has 222 valence electrons. The van der Waals surface area contributed by atoms with Crippen molar-refractivity contribution in [2.24, 2.45) is 0 Å². The van der Waals surface area contributed by atoms with E-state index in [4.69, 9.17) is 14.2 Å². The number of ether oxygens (including phenoxy) is 3. The zero-order valence-electron chi connectivity index (χ0n) is 23.5. The molecule has 2 fully saturated rings. The highest BCUT2D eigenvalue weighted by molar-refractivity contribution is 6.13. The minimum atomic E-state index is -0.426. The van der Waals surface area contributed by atoms with Crippen molar-refractivity contribution in [1.29, 1.82) is 0 Å². The topological polar surface area (TPSA) is 161 Å². The molecule has 2 N–H and O–H groups in total. The first kappa shape index (κ1) is 32.8. The second-order valence-electron chi connectivity index (χ2n) is 9.99. The van der Waals surface area contributed by atoms with Crippen molar-refractivity contribution in [3.8, 4) is 0 Å². The van der Waals surface area contributed by atoms with Crippen molar-refractivity contribution in [2.45, 2.75) is 64.6 Å².